The van der Waals surface area contributed by atoms with Gasteiger partial charge < -0.3 is 10.1 Å². The average Bonchev–Trinajstić information content (AvgIpc) is 2.96. The van der Waals surface area contributed by atoms with E-state index in [4.69, 9.17) is 16.3 Å². The van der Waals surface area contributed by atoms with Gasteiger partial charge in [-0.15, -0.1) is 11.3 Å². The summed E-state index contributed by atoms with van der Waals surface area (Å²) < 4.78 is 5.03. The van der Waals surface area contributed by atoms with E-state index >= 15 is 0 Å². The molecule has 0 aliphatic carbocycles. The minimum Gasteiger partial charge on any atom is -0.462 e. The summed E-state index contributed by atoms with van der Waals surface area (Å²) in [6.07, 6.45) is 3.86. The molecule has 1 amide bonds. The van der Waals surface area contributed by atoms with Crippen molar-refractivity contribution in [2.45, 2.75) is 20.3 Å². The maximum atomic E-state index is 12.1. The van der Waals surface area contributed by atoms with Gasteiger partial charge in [-0.2, -0.15) is 0 Å². The Hall–Kier alpha value is -2.11. The molecular formula is C18H18ClNO3S. The third-order valence-corrected chi connectivity index (χ3v) is 4.57. The normalized spacial score (nSPS) is 10.8. The maximum absolute atomic E-state index is 12.1. The zero-order chi connectivity index (χ0) is 17.5. The highest BCUT2D eigenvalue weighted by atomic mass is 35.5. The van der Waals surface area contributed by atoms with Crippen molar-refractivity contribution in [2.75, 3.05) is 11.9 Å². The third kappa shape index (κ3) is 4.94. The first-order valence-corrected chi connectivity index (χ1v) is 8.77. The van der Waals surface area contributed by atoms with Crippen LogP contribution in [0.3, 0.4) is 0 Å². The molecule has 0 atom stereocenters. The second kappa shape index (κ2) is 8.66. The molecule has 126 valence electrons. The van der Waals surface area contributed by atoms with Crippen molar-refractivity contribution in [3.05, 3.63) is 57.4 Å². The van der Waals surface area contributed by atoms with Crippen LogP contribution in [-0.2, 0) is 16.0 Å². The summed E-state index contributed by atoms with van der Waals surface area (Å²) in [4.78, 5) is 25.1. The number of rotatable bonds is 6. The quantitative estimate of drug-likeness (QED) is 0.592. The van der Waals surface area contributed by atoms with Gasteiger partial charge in [0, 0.05) is 16.0 Å². The molecule has 0 fully saturated rings. The molecule has 0 aliphatic rings. The van der Waals surface area contributed by atoms with Crippen molar-refractivity contribution in [2.24, 2.45) is 0 Å². The monoisotopic (exact) mass is 363 g/mol. The second-order valence-electron chi connectivity index (χ2n) is 4.91. The first kappa shape index (κ1) is 18.2. The number of hydrogen-bond donors (Lipinski definition) is 1. The Morgan fingerprint density at radius 2 is 2.08 bits per heavy atom. The number of ether oxygens (including phenoxy) is 1. The van der Waals surface area contributed by atoms with E-state index in [1.807, 2.05) is 19.1 Å². The molecule has 0 saturated carbocycles. The number of hydrogen-bond acceptors (Lipinski definition) is 4. The number of carbonyl (C=O) groups is 2. The Balaban J connectivity index is 2.13. The lowest BCUT2D eigenvalue weighted by atomic mass is 10.2. The van der Waals surface area contributed by atoms with Crippen molar-refractivity contribution in [3.63, 3.8) is 0 Å². The summed E-state index contributed by atoms with van der Waals surface area (Å²) in [5.41, 5.74) is 1.21. The van der Waals surface area contributed by atoms with Crippen LogP contribution in [0.25, 0.3) is 6.08 Å². The second-order valence-corrected chi connectivity index (χ2v) is 6.48. The van der Waals surface area contributed by atoms with Crippen LogP contribution in [-0.4, -0.2) is 18.5 Å². The van der Waals surface area contributed by atoms with Gasteiger partial charge in [-0.1, -0.05) is 30.7 Å². The lowest BCUT2D eigenvalue weighted by Crippen LogP contribution is -2.11. The Labute approximate surface area is 150 Å². The molecule has 0 bridgehead atoms. The lowest BCUT2D eigenvalue weighted by Gasteiger charge is -2.04. The first-order chi connectivity index (χ1) is 11.5. The number of nitrogens with one attached hydrogen (secondary N) is 1. The number of amides is 1. The van der Waals surface area contributed by atoms with Crippen molar-refractivity contribution < 1.29 is 14.3 Å². The molecule has 0 radical (unpaired) electrons. The number of esters is 1. The standard InChI is InChI=1S/C18H18ClNO3S/c1-3-14-11-15(18(22)23-4-2)17(24-14)20-16(21)9-8-12-6-5-7-13(19)10-12/h5-11H,3-4H2,1-2H3,(H,20,21). The molecule has 0 saturated heterocycles. The lowest BCUT2D eigenvalue weighted by molar-refractivity contribution is -0.111. The number of thiophene rings is 1. The Morgan fingerprint density at radius 3 is 2.75 bits per heavy atom. The Bertz CT molecular complexity index is 767. The van der Waals surface area contributed by atoms with Crippen molar-refractivity contribution in [1.82, 2.24) is 0 Å². The fourth-order valence-corrected chi connectivity index (χ4v) is 3.19. The van der Waals surface area contributed by atoms with Crippen LogP contribution in [0.4, 0.5) is 5.00 Å². The number of carbonyl (C=O) groups excluding carboxylic acids is 2. The molecule has 0 aliphatic heterocycles. The Morgan fingerprint density at radius 1 is 1.29 bits per heavy atom. The molecule has 24 heavy (non-hydrogen) atoms. The summed E-state index contributed by atoms with van der Waals surface area (Å²) in [5.74, 6) is -0.743. The highest BCUT2D eigenvalue weighted by Crippen LogP contribution is 2.29. The topological polar surface area (TPSA) is 55.4 Å². The van der Waals surface area contributed by atoms with E-state index in [0.717, 1.165) is 16.9 Å². The van der Waals surface area contributed by atoms with E-state index < -0.39 is 5.97 Å². The highest BCUT2D eigenvalue weighted by Gasteiger charge is 2.17. The molecule has 2 aromatic rings. The average molecular weight is 364 g/mol. The molecule has 1 aromatic carbocycles. The van der Waals surface area contributed by atoms with Gasteiger partial charge >= 0.3 is 5.97 Å². The molecule has 1 heterocycles. The fraction of sp³-hybridized carbons (Fsp3) is 0.222. The molecule has 6 heteroatoms. The van der Waals surface area contributed by atoms with Crippen LogP contribution >= 0.6 is 22.9 Å². The van der Waals surface area contributed by atoms with Crippen molar-refractivity contribution in [1.29, 1.82) is 0 Å². The zero-order valence-electron chi connectivity index (χ0n) is 13.5. The number of halogens is 1. The minimum absolute atomic E-state index is 0.290. The van der Waals surface area contributed by atoms with Gasteiger partial charge in [0.15, 0.2) is 0 Å². The molecule has 1 N–H and O–H groups in total. The molecule has 0 spiro atoms. The van der Waals surface area contributed by atoms with E-state index in [9.17, 15) is 9.59 Å². The molecular weight excluding hydrogens is 346 g/mol. The number of aryl methyl sites for hydroxylation is 1. The van der Waals surface area contributed by atoms with Gasteiger partial charge in [0.2, 0.25) is 5.91 Å². The van der Waals surface area contributed by atoms with Gasteiger partial charge in [-0.25, -0.2) is 4.79 Å². The fourth-order valence-electron chi connectivity index (χ4n) is 2.01. The van der Waals surface area contributed by atoms with E-state index in [-0.39, 0.29) is 12.5 Å². The van der Waals surface area contributed by atoms with Crippen LogP contribution in [0.1, 0.15) is 34.6 Å². The maximum Gasteiger partial charge on any atom is 0.341 e. The van der Waals surface area contributed by atoms with Crippen LogP contribution < -0.4 is 5.32 Å². The Kier molecular flexibility index (Phi) is 6.58. The van der Waals surface area contributed by atoms with E-state index in [0.29, 0.717) is 15.6 Å². The zero-order valence-corrected chi connectivity index (χ0v) is 15.0. The van der Waals surface area contributed by atoms with Gasteiger partial charge in [-0.05, 0) is 43.2 Å². The largest absolute Gasteiger partial charge is 0.462 e. The summed E-state index contributed by atoms with van der Waals surface area (Å²) in [6, 6.07) is 8.95. The van der Waals surface area contributed by atoms with Gasteiger partial charge in [0.05, 0.1) is 12.2 Å². The molecule has 0 unspecified atom stereocenters. The molecule has 1 aromatic heterocycles. The van der Waals surface area contributed by atoms with Gasteiger partial charge in [0.25, 0.3) is 0 Å². The van der Waals surface area contributed by atoms with E-state index in [1.165, 1.54) is 17.4 Å². The highest BCUT2D eigenvalue weighted by molar-refractivity contribution is 7.16. The first-order valence-electron chi connectivity index (χ1n) is 7.58. The minimum atomic E-state index is -0.428. The number of benzene rings is 1. The van der Waals surface area contributed by atoms with Crippen molar-refractivity contribution in [3.8, 4) is 0 Å². The summed E-state index contributed by atoms with van der Waals surface area (Å²) in [6.45, 7) is 4.03. The van der Waals surface area contributed by atoms with Crippen LogP contribution in [0, 0.1) is 0 Å². The predicted octanol–water partition coefficient (Wildman–Crippen LogP) is 4.79. The summed E-state index contributed by atoms with van der Waals surface area (Å²) >= 11 is 7.29. The third-order valence-electron chi connectivity index (χ3n) is 3.14. The predicted molar refractivity (Wildman–Crippen MR) is 98.8 cm³/mol. The van der Waals surface area contributed by atoms with Crippen LogP contribution in [0.2, 0.25) is 5.02 Å². The van der Waals surface area contributed by atoms with Crippen LogP contribution in [0.5, 0.6) is 0 Å². The van der Waals surface area contributed by atoms with E-state index in [1.54, 1.807) is 31.2 Å². The van der Waals surface area contributed by atoms with Gasteiger partial charge in [0.1, 0.15) is 5.00 Å². The number of anilines is 1. The molecule has 2 rings (SSSR count). The summed E-state index contributed by atoms with van der Waals surface area (Å²) in [7, 11) is 0. The SMILES string of the molecule is CCOC(=O)c1cc(CC)sc1NC(=O)C=Cc1cccc(Cl)c1. The summed E-state index contributed by atoms with van der Waals surface area (Å²) in [5, 5.41) is 3.86. The van der Waals surface area contributed by atoms with Gasteiger partial charge in [-0.3, -0.25) is 4.79 Å². The smallest absolute Gasteiger partial charge is 0.341 e. The van der Waals surface area contributed by atoms with E-state index in [2.05, 4.69) is 5.32 Å². The van der Waals surface area contributed by atoms with Crippen LogP contribution in [0.15, 0.2) is 36.4 Å². The van der Waals surface area contributed by atoms with Crippen molar-refractivity contribution >= 4 is 45.9 Å². The molecule has 4 nitrogen and oxygen atoms in total.